The second-order valence-corrected chi connectivity index (χ2v) is 10.8. The van der Waals surface area contributed by atoms with Gasteiger partial charge in [-0.2, -0.15) is 0 Å². The molecule has 0 aromatic carbocycles. The normalized spacial score (nSPS) is 44.4. The summed E-state index contributed by atoms with van der Waals surface area (Å²) in [5.41, 5.74) is 2.22. The second kappa shape index (κ2) is 4.41. The molecule has 4 bridgehead atoms. The van der Waals surface area contributed by atoms with Gasteiger partial charge in [0.05, 0.1) is 5.41 Å². The molecule has 0 N–H and O–H groups in total. The number of fused-ring (bicyclic) bond motifs is 1. The molecule has 1 aromatic heterocycles. The Morgan fingerprint density at radius 3 is 2.61 bits per heavy atom. The third kappa shape index (κ3) is 2.08. The first-order chi connectivity index (χ1) is 10.9. The smallest absolute Gasteiger partial charge is 0.229 e. The van der Waals surface area contributed by atoms with Crippen LogP contribution in [0, 0.1) is 22.2 Å². The first kappa shape index (κ1) is 14.5. The zero-order valence-corrected chi connectivity index (χ0v) is 15.2. The number of rotatable bonds is 1. The monoisotopic (exact) mass is 329 g/mol. The summed E-state index contributed by atoms with van der Waals surface area (Å²) in [6.45, 7) is 6.72. The van der Waals surface area contributed by atoms with E-state index in [4.69, 9.17) is 0 Å². The van der Waals surface area contributed by atoms with E-state index < -0.39 is 0 Å². The molecule has 2 heterocycles. The molecule has 1 amide bonds. The molecule has 4 fully saturated rings. The zero-order valence-electron chi connectivity index (χ0n) is 14.4. The van der Waals surface area contributed by atoms with Crippen LogP contribution < -0.4 is 0 Å². The minimum absolute atomic E-state index is 0.0313. The Bertz CT molecular complexity index is 659. The van der Waals surface area contributed by atoms with Crippen LogP contribution in [0.15, 0.2) is 11.4 Å². The number of hydrogen-bond donors (Lipinski definition) is 0. The van der Waals surface area contributed by atoms with E-state index >= 15 is 0 Å². The van der Waals surface area contributed by atoms with Crippen LogP contribution in [0.3, 0.4) is 0 Å². The van der Waals surface area contributed by atoms with Gasteiger partial charge in [0.2, 0.25) is 5.91 Å². The summed E-state index contributed by atoms with van der Waals surface area (Å²) in [5, 5.41) is 2.19. The van der Waals surface area contributed by atoms with Crippen LogP contribution in [0.25, 0.3) is 0 Å². The molecule has 124 valence electrons. The van der Waals surface area contributed by atoms with E-state index in [1.54, 1.807) is 0 Å². The number of nitrogens with zero attached hydrogens (tertiary/aromatic N) is 1. The average Bonchev–Trinajstić information content (AvgIpc) is 2.89. The van der Waals surface area contributed by atoms with Crippen LogP contribution in [-0.4, -0.2) is 17.4 Å². The predicted octanol–water partition coefficient (Wildman–Crippen LogP) is 4.63. The summed E-state index contributed by atoms with van der Waals surface area (Å²) < 4.78 is 0. The van der Waals surface area contributed by atoms with Crippen molar-refractivity contribution in [3.8, 4) is 0 Å². The van der Waals surface area contributed by atoms with Crippen LogP contribution in [0.1, 0.15) is 62.8 Å². The van der Waals surface area contributed by atoms with Gasteiger partial charge in [-0.05, 0) is 78.7 Å². The number of amides is 1. The summed E-state index contributed by atoms with van der Waals surface area (Å²) in [6.07, 6.45) is 8.62. The van der Waals surface area contributed by atoms with Gasteiger partial charge in [-0.25, -0.2) is 0 Å². The van der Waals surface area contributed by atoms with Crippen molar-refractivity contribution in [3.63, 3.8) is 0 Å². The lowest BCUT2D eigenvalue weighted by molar-refractivity contribution is -0.180. The maximum absolute atomic E-state index is 13.6. The van der Waals surface area contributed by atoms with E-state index in [1.807, 2.05) is 11.3 Å². The molecule has 23 heavy (non-hydrogen) atoms. The number of carbonyl (C=O) groups excluding carboxylic acids is 1. The van der Waals surface area contributed by atoms with Crippen molar-refractivity contribution in [1.29, 1.82) is 0 Å². The van der Waals surface area contributed by atoms with Gasteiger partial charge in [0.25, 0.3) is 0 Å². The van der Waals surface area contributed by atoms with Gasteiger partial charge in [-0.15, -0.1) is 11.3 Å². The predicted molar refractivity (Wildman–Crippen MR) is 93.3 cm³/mol. The summed E-state index contributed by atoms with van der Waals surface area (Å²) in [4.78, 5) is 17.3. The standard InChI is InChI=1S/C20H27NOS/c1-18-7-14-8-19(2,11-18)13-20(9-14,12-18)17(22)21-5-3-16-15(10-21)4-6-23-16/h4,6,14H,3,5,7-13H2,1-2H3/t14?,18-,19-,20?/m1/s1. The molecule has 2 atom stereocenters. The summed E-state index contributed by atoms with van der Waals surface area (Å²) in [6, 6.07) is 2.22. The first-order valence-electron chi connectivity index (χ1n) is 9.24. The van der Waals surface area contributed by atoms with Gasteiger partial charge in [0.1, 0.15) is 0 Å². The molecule has 4 saturated carbocycles. The minimum atomic E-state index is -0.0313. The SMILES string of the molecule is C[C@]12CC3CC(C(=O)N4CCc5sccc5C4)(C1)C[C@](C)(C3)C2. The quantitative estimate of drug-likeness (QED) is 0.735. The van der Waals surface area contributed by atoms with E-state index in [-0.39, 0.29) is 5.41 Å². The minimum Gasteiger partial charge on any atom is -0.337 e. The number of carbonyl (C=O) groups is 1. The summed E-state index contributed by atoms with van der Waals surface area (Å²) >= 11 is 1.86. The summed E-state index contributed by atoms with van der Waals surface area (Å²) in [7, 11) is 0. The Hall–Kier alpha value is -0.830. The van der Waals surface area contributed by atoms with Gasteiger partial charge in [-0.3, -0.25) is 4.79 Å². The topological polar surface area (TPSA) is 20.3 Å². The maximum atomic E-state index is 13.6. The van der Waals surface area contributed by atoms with Gasteiger partial charge in [0.15, 0.2) is 0 Å². The van der Waals surface area contributed by atoms with Crippen molar-refractivity contribution in [1.82, 2.24) is 4.90 Å². The third-order valence-corrected chi connectivity index (χ3v) is 8.20. The van der Waals surface area contributed by atoms with Gasteiger partial charge < -0.3 is 4.90 Å². The van der Waals surface area contributed by atoms with Gasteiger partial charge >= 0.3 is 0 Å². The molecule has 0 unspecified atom stereocenters. The Kier molecular flexibility index (Phi) is 2.78. The molecular formula is C20H27NOS. The van der Waals surface area contributed by atoms with E-state index in [1.165, 1.54) is 36.1 Å². The molecule has 1 aliphatic heterocycles. The highest BCUT2D eigenvalue weighted by atomic mass is 32.1. The van der Waals surface area contributed by atoms with Gasteiger partial charge in [0, 0.05) is 18.0 Å². The van der Waals surface area contributed by atoms with Crippen molar-refractivity contribution in [2.45, 2.75) is 65.3 Å². The highest BCUT2D eigenvalue weighted by Gasteiger charge is 2.63. The molecule has 3 heteroatoms. The van der Waals surface area contributed by atoms with E-state index in [9.17, 15) is 4.79 Å². The van der Waals surface area contributed by atoms with E-state index in [0.717, 1.165) is 38.3 Å². The lowest BCUT2D eigenvalue weighted by atomic mass is 9.40. The van der Waals surface area contributed by atoms with Crippen LogP contribution in [-0.2, 0) is 17.8 Å². The van der Waals surface area contributed by atoms with Crippen LogP contribution in [0.4, 0.5) is 0 Å². The zero-order chi connectivity index (χ0) is 15.9. The number of thiophene rings is 1. The van der Waals surface area contributed by atoms with Crippen molar-refractivity contribution >= 4 is 17.2 Å². The Labute approximate surface area is 143 Å². The Balaban J connectivity index is 1.46. The first-order valence-corrected chi connectivity index (χ1v) is 10.1. The molecule has 0 saturated heterocycles. The average molecular weight is 330 g/mol. The molecule has 5 aliphatic rings. The Morgan fingerprint density at radius 2 is 1.91 bits per heavy atom. The van der Waals surface area contributed by atoms with Gasteiger partial charge in [-0.1, -0.05) is 13.8 Å². The van der Waals surface area contributed by atoms with Crippen molar-refractivity contribution in [2.75, 3.05) is 6.54 Å². The molecular weight excluding hydrogens is 302 g/mol. The second-order valence-electron chi connectivity index (χ2n) is 9.76. The van der Waals surface area contributed by atoms with Crippen molar-refractivity contribution in [2.24, 2.45) is 22.2 Å². The van der Waals surface area contributed by atoms with Crippen LogP contribution >= 0.6 is 11.3 Å². The van der Waals surface area contributed by atoms with Crippen molar-refractivity contribution in [3.05, 3.63) is 21.9 Å². The van der Waals surface area contributed by atoms with Crippen LogP contribution in [0.2, 0.25) is 0 Å². The lowest BCUT2D eigenvalue weighted by Gasteiger charge is -2.65. The molecule has 6 rings (SSSR count). The highest BCUT2D eigenvalue weighted by Crippen LogP contribution is 2.69. The molecule has 0 spiro atoms. The third-order valence-electron chi connectivity index (χ3n) is 7.17. The van der Waals surface area contributed by atoms with Crippen LogP contribution in [0.5, 0.6) is 0 Å². The fourth-order valence-electron chi connectivity index (χ4n) is 7.44. The Morgan fingerprint density at radius 1 is 1.17 bits per heavy atom. The highest BCUT2D eigenvalue weighted by molar-refractivity contribution is 7.10. The fourth-order valence-corrected chi connectivity index (χ4v) is 8.33. The lowest BCUT2D eigenvalue weighted by Crippen LogP contribution is -2.60. The van der Waals surface area contributed by atoms with Crippen molar-refractivity contribution < 1.29 is 4.79 Å². The van der Waals surface area contributed by atoms with E-state index in [2.05, 4.69) is 30.2 Å². The maximum Gasteiger partial charge on any atom is 0.229 e. The van der Waals surface area contributed by atoms with E-state index in [0.29, 0.717) is 16.7 Å². The largest absolute Gasteiger partial charge is 0.337 e. The fraction of sp³-hybridized carbons (Fsp3) is 0.750. The molecule has 1 aromatic rings. The molecule has 4 aliphatic carbocycles. The number of hydrogen-bond acceptors (Lipinski definition) is 2. The molecule has 0 radical (unpaired) electrons. The summed E-state index contributed by atoms with van der Waals surface area (Å²) in [5.74, 6) is 1.29. The molecule has 2 nitrogen and oxygen atoms in total.